The van der Waals surface area contributed by atoms with Gasteiger partial charge in [0.1, 0.15) is 5.82 Å². The van der Waals surface area contributed by atoms with Gasteiger partial charge in [-0.3, -0.25) is 4.79 Å². The van der Waals surface area contributed by atoms with E-state index in [1.807, 2.05) is 30.3 Å². The number of hydrogen-bond donors (Lipinski definition) is 1. The first-order valence-electron chi connectivity index (χ1n) is 6.16. The Morgan fingerprint density at radius 1 is 1.05 bits per heavy atom. The first kappa shape index (κ1) is 12.4. The fourth-order valence-corrected chi connectivity index (χ4v) is 2.35. The Bertz CT molecular complexity index is 825. The monoisotopic (exact) mass is 269 g/mol. The van der Waals surface area contributed by atoms with Gasteiger partial charge in [0, 0.05) is 10.9 Å². The molecule has 0 spiro atoms. The number of ether oxygens (including phenoxy) is 1. The molecule has 0 saturated carbocycles. The number of halogens is 1. The van der Waals surface area contributed by atoms with Gasteiger partial charge in [-0.1, -0.05) is 42.5 Å². The first-order chi connectivity index (χ1) is 9.72. The summed E-state index contributed by atoms with van der Waals surface area (Å²) in [4.78, 5) is 14.6. The standard InChI is InChI=1S/C16H12FNO2/c1-20-15-13(10-6-3-2-4-7-10)11-8-5-9-12(17)14(11)18-16(15)19/h2-9H,1H3,(H,18,19). The van der Waals surface area contributed by atoms with Crippen LogP contribution in [-0.4, -0.2) is 12.1 Å². The Balaban J connectivity index is 2.50. The van der Waals surface area contributed by atoms with E-state index in [4.69, 9.17) is 4.74 Å². The lowest BCUT2D eigenvalue weighted by molar-refractivity contribution is 0.411. The van der Waals surface area contributed by atoms with Gasteiger partial charge in [0.25, 0.3) is 5.56 Å². The van der Waals surface area contributed by atoms with Crippen molar-refractivity contribution in [2.75, 3.05) is 7.11 Å². The van der Waals surface area contributed by atoms with Crippen molar-refractivity contribution >= 4 is 10.9 Å². The molecule has 1 aromatic heterocycles. The molecule has 3 aromatic rings. The number of pyridine rings is 1. The minimum atomic E-state index is -0.459. The Morgan fingerprint density at radius 3 is 2.50 bits per heavy atom. The smallest absolute Gasteiger partial charge is 0.291 e. The summed E-state index contributed by atoms with van der Waals surface area (Å²) in [6.45, 7) is 0. The Kier molecular flexibility index (Phi) is 2.99. The van der Waals surface area contributed by atoms with E-state index in [0.29, 0.717) is 10.9 Å². The third-order valence-electron chi connectivity index (χ3n) is 3.22. The number of methoxy groups -OCH3 is 1. The number of hydrogen-bond acceptors (Lipinski definition) is 2. The number of benzene rings is 2. The Labute approximate surface area is 114 Å². The fraction of sp³-hybridized carbons (Fsp3) is 0.0625. The molecular formula is C16H12FNO2. The van der Waals surface area contributed by atoms with E-state index < -0.39 is 11.4 Å². The van der Waals surface area contributed by atoms with Crippen LogP contribution in [0.3, 0.4) is 0 Å². The van der Waals surface area contributed by atoms with Crippen LogP contribution in [-0.2, 0) is 0 Å². The predicted molar refractivity (Wildman–Crippen MR) is 76.5 cm³/mol. The highest BCUT2D eigenvalue weighted by Gasteiger charge is 2.16. The van der Waals surface area contributed by atoms with Crippen LogP contribution in [0.15, 0.2) is 53.3 Å². The molecule has 0 aliphatic rings. The number of aromatic nitrogens is 1. The van der Waals surface area contributed by atoms with Gasteiger partial charge in [0.15, 0.2) is 5.75 Å². The number of para-hydroxylation sites is 1. The molecule has 0 aliphatic heterocycles. The molecule has 3 nitrogen and oxygen atoms in total. The van der Waals surface area contributed by atoms with Gasteiger partial charge in [0.05, 0.1) is 12.6 Å². The van der Waals surface area contributed by atoms with Gasteiger partial charge in [-0.25, -0.2) is 4.39 Å². The third kappa shape index (κ3) is 1.86. The maximum Gasteiger partial charge on any atom is 0.291 e. The van der Waals surface area contributed by atoms with Crippen LogP contribution in [0.25, 0.3) is 22.0 Å². The molecule has 4 heteroatoms. The Morgan fingerprint density at radius 2 is 1.80 bits per heavy atom. The zero-order valence-electron chi connectivity index (χ0n) is 10.8. The molecule has 1 heterocycles. The summed E-state index contributed by atoms with van der Waals surface area (Å²) in [5.41, 5.74) is 1.17. The minimum Gasteiger partial charge on any atom is -0.491 e. The summed E-state index contributed by atoms with van der Waals surface area (Å²) in [5.74, 6) is -0.270. The summed E-state index contributed by atoms with van der Waals surface area (Å²) in [5, 5.41) is 0.618. The lowest BCUT2D eigenvalue weighted by Gasteiger charge is -2.11. The minimum absolute atomic E-state index is 0.189. The lowest BCUT2D eigenvalue weighted by Crippen LogP contribution is -2.11. The average Bonchev–Trinajstić information content (AvgIpc) is 2.48. The molecule has 0 amide bonds. The van der Waals surface area contributed by atoms with E-state index in [9.17, 15) is 9.18 Å². The van der Waals surface area contributed by atoms with E-state index in [-0.39, 0.29) is 11.3 Å². The second-order valence-corrected chi connectivity index (χ2v) is 4.39. The van der Waals surface area contributed by atoms with E-state index in [0.717, 1.165) is 5.56 Å². The van der Waals surface area contributed by atoms with E-state index >= 15 is 0 Å². The zero-order chi connectivity index (χ0) is 14.1. The van der Waals surface area contributed by atoms with Crippen molar-refractivity contribution < 1.29 is 9.13 Å². The molecule has 0 unspecified atom stereocenters. The maximum atomic E-state index is 13.9. The van der Waals surface area contributed by atoms with Gasteiger partial charge in [-0.15, -0.1) is 0 Å². The normalized spacial score (nSPS) is 10.7. The molecule has 0 fully saturated rings. The van der Waals surface area contributed by atoms with E-state index in [2.05, 4.69) is 4.98 Å². The van der Waals surface area contributed by atoms with Crippen molar-refractivity contribution in [2.45, 2.75) is 0 Å². The van der Waals surface area contributed by atoms with Gasteiger partial charge in [0.2, 0.25) is 0 Å². The van der Waals surface area contributed by atoms with Crippen LogP contribution >= 0.6 is 0 Å². The van der Waals surface area contributed by atoms with Crippen LogP contribution in [0.2, 0.25) is 0 Å². The van der Waals surface area contributed by atoms with Crippen molar-refractivity contribution in [1.82, 2.24) is 4.98 Å². The number of rotatable bonds is 2. The van der Waals surface area contributed by atoms with Crippen LogP contribution < -0.4 is 10.3 Å². The fourth-order valence-electron chi connectivity index (χ4n) is 2.35. The first-order valence-corrected chi connectivity index (χ1v) is 6.16. The highest BCUT2D eigenvalue weighted by Crippen LogP contribution is 2.33. The molecular weight excluding hydrogens is 257 g/mol. The van der Waals surface area contributed by atoms with Crippen molar-refractivity contribution in [3.63, 3.8) is 0 Å². The van der Waals surface area contributed by atoms with Crippen molar-refractivity contribution in [3.05, 3.63) is 64.7 Å². The summed E-state index contributed by atoms with van der Waals surface area (Å²) >= 11 is 0. The van der Waals surface area contributed by atoms with Gasteiger partial charge in [-0.05, 0) is 11.6 Å². The second-order valence-electron chi connectivity index (χ2n) is 4.39. The highest BCUT2D eigenvalue weighted by atomic mass is 19.1. The summed E-state index contributed by atoms with van der Waals surface area (Å²) in [6, 6.07) is 14.0. The number of nitrogens with one attached hydrogen (secondary N) is 1. The Hall–Kier alpha value is -2.62. The molecule has 0 aliphatic carbocycles. The number of fused-ring (bicyclic) bond motifs is 1. The van der Waals surface area contributed by atoms with Gasteiger partial charge >= 0.3 is 0 Å². The van der Waals surface area contributed by atoms with Crippen LogP contribution in [0.1, 0.15) is 0 Å². The molecule has 3 rings (SSSR count). The van der Waals surface area contributed by atoms with E-state index in [1.54, 1.807) is 12.1 Å². The predicted octanol–water partition coefficient (Wildman–Crippen LogP) is 3.34. The van der Waals surface area contributed by atoms with Crippen molar-refractivity contribution in [2.24, 2.45) is 0 Å². The van der Waals surface area contributed by atoms with Crippen molar-refractivity contribution in [1.29, 1.82) is 0 Å². The molecule has 100 valence electrons. The van der Waals surface area contributed by atoms with Crippen LogP contribution in [0.5, 0.6) is 5.75 Å². The largest absolute Gasteiger partial charge is 0.491 e. The molecule has 2 aromatic carbocycles. The van der Waals surface area contributed by atoms with Crippen molar-refractivity contribution in [3.8, 4) is 16.9 Å². The lowest BCUT2D eigenvalue weighted by atomic mass is 10.00. The number of aromatic amines is 1. The van der Waals surface area contributed by atoms with Gasteiger partial charge < -0.3 is 9.72 Å². The molecule has 0 radical (unpaired) electrons. The molecule has 1 N–H and O–H groups in total. The van der Waals surface area contributed by atoms with Crippen LogP contribution in [0.4, 0.5) is 4.39 Å². The quantitative estimate of drug-likeness (QED) is 0.775. The SMILES string of the molecule is COc1c(-c2ccccc2)c2cccc(F)c2[nH]c1=O. The van der Waals surface area contributed by atoms with Gasteiger partial charge in [-0.2, -0.15) is 0 Å². The van der Waals surface area contributed by atoms with Crippen LogP contribution in [0, 0.1) is 5.82 Å². The third-order valence-corrected chi connectivity index (χ3v) is 3.22. The zero-order valence-corrected chi connectivity index (χ0v) is 10.8. The summed E-state index contributed by atoms with van der Waals surface area (Å²) in [7, 11) is 1.43. The molecule has 0 atom stereocenters. The average molecular weight is 269 g/mol. The molecule has 0 bridgehead atoms. The topological polar surface area (TPSA) is 42.1 Å². The second kappa shape index (κ2) is 4.81. The molecule has 0 saturated heterocycles. The number of H-pyrrole nitrogens is 1. The van der Waals surface area contributed by atoms with E-state index in [1.165, 1.54) is 13.2 Å². The highest BCUT2D eigenvalue weighted by molar-refractivity contribution is 5.97. The summed E-state index contributed by atoms with van der Waals surface area (Å²) in [6.07, 6.45) is 0. The molecule has 20 heavy (non-hydrogen) atoms. The maximum absolute atomic E-state index is 13.9. The summed E-state index contributed by atoms with van der Waals surface area (Å²) < 4.78 is 19.1.